The molecule has 1 amide bonds. The lowest BCUT2D eigenvalue weighted by atomic mass is 10.1. The Bertz CT molecular complexity index is 1270. The van der Waals surface area contributed by atoms with Crippen molar-refractivity contribution in [1.29, 1.82) is 0 Å². The second-order valence-corrected chi connectivity index (χ2v) is 9.42. The van der Waals surface area contributed by atoms with E-state index >= 15 is 0 Å². The zero-order valence-corrected chi connectivity index (χ0v) is 20.9. The summed E-state index contributed by atoms with van der Waals surface area (Å²) >= 11 is 7.71. The van der Waals surface area contributed by atoms with E-state index in [9.17, 15) is 9.18 Å². The SMILES string of the molecule is CN(C)c1ccc(CN(Cc2ccco2)C(=O)c2nc(SCc3ccc(F)cc3)ncc2Cl)cc1. The molecular formula is C26H24ClFN4O2S. The number of nitrogens with zero attached hydrogens (tertiary/aromatic N) is 4. The zero-order chi connectivity index (χ0) is 24.8. The van der Waals surface area contributed by atoms with Crippen LogP contribution in [0.3, 0.4) is 0 Å². The van der Waals surface area contributed by atoms with Gasteiger partial charge in [-0.3, -0.25) is 4.79 Å². The van der Waals surface area contributed by atoms with Gasteiger partial charge in [-0.1, -0.05) is 47.6 Å². The van der Waals surface area contributed by atoms with E-state index in [1.54, 1.807) is 29.4 Å². The molecule has 0 radical (unpaired) electrons. The van der Waals surface area contributed by atoms with Crippen LogP contribution in [0.15, 0.2) is 82.7 Å². The van der Waals surface area contributed by atoms with Crippen LogP contribution in [0, 0.1) is 5.82 Å². The normalized spacial score (nSPS) is 10.9. The first kappa shape index (κ1) is 24.8. The van der Waals surface area contributed by atoms with Crippen molar-refractivity contribution in [2.24, 2.45) is 0 Å². The molecule has 0 bridgehead atoms. The molecule has 0 spiro atoms. The van der Waals surface area contributed by atoms with Gasteiger partial charge in [-0.25, -0.2) is 14.4 Å². The van der Waals surface area contributed by atoms with Gasteiger partial charge in [0.25, 0.3) is 5.91 Å². The van der Waals surface area contributed by atoms with Crippen LogP contribution in [0.5, 0.6) is 0 Å². The van der Waals surface area contributed by atoms with Crippen molar-refractivity contribution in [3.8, 4) is 0 Å². The summed E-state index contributed by atoms with van der Waals surface area (Å²) in [5.74, 6) is 0.569. The van der Waals surface area contributed by atoms with Crippen LogP contribution in [-0.4, -0.2) is 34.9 Å². The Morgan fingerprint density at radius 3 is 2.40 bits per heavy atom. The van der Waals surface area contributed by atoms with E-state index in [0.717, 1.165) is 16.8 Å². The Labute approximate surface area is 212 Å². The number of hydrogen-bond donors (Lipinski definition) is 0. The second-order valence-electron chi connectivity index (χ2n) is 8.07. The van der Waals surface area contributed by atoms with E-state index < -0.39 is 0 Å². The number of amides is 1. The number of benzene rings is 2. The molecule has 4 aromatic rings. The van der Waals surface area contributed by atoms with Crippen molar-refractivity contribution in [3.05, 3.63) is 107 Å². The average molecular weight is 511 g/mol. The highest BCUT2D eigenvalue weighted by Crippen LogP contribution is 2.24. The van der Waals surface area contributed by atoms with E-state index in [4.69, 9.17) is 16.0 Å². The third-order valence-corrected chi connectivity index (χ3v) is 6.46. The number of carbonyl (C=O) groups is 1. The van der Waals surface area contributed by atoms with Gasteiger partial charge in [-0.05, 0) is 47.5 Å². The molecule has 0 saturated carbocycles. The van der Waals surface area contributed by atoms with Gasteiger partial charge in [0.05, 0.1) is 24.0 Å². The van der Waals surface area contributed by atoms with Crippen molar-refractivity contribution in [2.75, 3.05) is 19.0 Å². The molecule has 4 rings (SSSR count). The molecule has 35 heavy (non-hydrogen) atoms. The molecule has 2 aromatic carbocycles. The Kier molecular flexibility index (Phi) is 8.05. The van der Waals surface area contributed by atoms with Crippen molar-refractivity contribution in [2.45, 2.75) is 24.0 Å². The van der Waals surface area contributed by atoms with Crippen LogP contribution >= 0.6 is 23.4 Å². The average Bonchev–Trinajstić information content (AvgIpc) is 3.37. The summed E-state index contributed by atoms with van der Waals surface area (Å²) in [5, 5.41) is 0.587. The van der Waals surface area contributed by atoms with Gasteiger partial charge < -0.3 is 14.2 Å². The highest BCUT2D eigenvalue weighted by atomic mass is 35.5. The van der Waals surface area contributed by atoms with Crippen LogP contribution in [-0.2, 0) is 18.8 Å². The Hall–Kier alpha value is -3.36. The minimum absolute atomic E-state index is 0.125. The number of carbonyl (C=O) groups excluding carboxylic acids is 1. The summed E-state index contributed by atoms with van der Waals surface area (Å²) in [6.07, 6.45) is 3.01. The maximum Gasteiger partial charge on any atom is 0.274 e. The monoisotopic (exact) mass is 510 g/mol. The van der Waals surface area contributed by atoms with Crippen LogP contribution in [0.2, 0.25) is 5.02 Å². The highest BCUT2D eigenvalue weighted by molar-refractivity contribution is 7.98. The van der Waals surface area contributed by atoms with Crippen molar-refractivity contribution in [3.63, 3.8) is 0 Å². The van der Waals surface area contributed by atoms with Gasteiger partial charge in [0.2, 0.25) is 0 Å². The molecule has 6 nitrogen and oxygen atoms in total. The molecule has 180 valence electrons. The first-order valence-electron chi connectivity index (χ1n) is 10.9. The molecule has 0 N–H and O–H groups in total. The summed E-state index contributed by atoms with van der Waals surface area (Å²) in [4.78, 5) is 25.9. The summed E-state index contributed by atoms with van der Waals surface area (Å²) in [6.45, 7) is 0.616. The van der Waals surface area contributed by atoms with Gasteiger partial charge in [0.15, 0.2) is 10.9 Å². The van der Waals surface area contributed by atoms with Crippen LogP contribution in [0.1, 0.15) is 27.4 Å². The fourth-order valence-electron chi connectivity index (χ4n) is 3.36. The molecule has 0 fully saturated rings. The number of thioether (sulfide) groups is 1. The predicted molar refractivity (Wildman–Crippen MR) is 136 cm³/mol. The summed E-state index contributed by atoms with van der Waals surface area (Å²) < 4.78 is 18.7. The third kappa shape index (κ3) is 6.61. The quantitative estimate of drug-likeness (QED) is 0.201. The lowest BCUT2D eigenvalue weighted by Crippen LogP contribution is -2.31. The first-order chi connectivity index (χ1) is 16.9. The van der Waals surface area contributed by atoms with Gasteiger partial charge in [-0.15, -0.1) is 0 Å². The standard InChI is InChI=1S/C26H24ClFN4O2S/c1-31(2)21-11-7-18(8-12-21)15-32(16-22-4-3-13-34-22)25(33)24-23(27)14-29-26(30-24)35-17-19-5-9-20(28)10-6-19/h3-14H,15-17H2,1-2H3. The minimum Gasteiger partial charge on any atom is -0.467 e. The number of aromatic nitrogens is 2. The fourth-order valence-corrected chi connectivity index (χ4v) is 4.30. The molecule has 2 aromatic heterocycles. The summed E-state index contributed by atoms with van der Waals surface area (Å²) in [6, 6.07) is 17.8. The van der Waals surface area contributed by atoms with Crippen LogP contribution in [0.25, 0.3) is 0 Å². The zero-order valence-electron chi connectivity index (χ0n) is 19.3. The number of halogens is 2. The maximum absolute atomic E-state index is 13.6. The molecule has 9 heteroatoms. The largest absolute Gasteiger partial charge is 0.467 e. The minimum atomic E-state index is -0.325. The fraction of sp³-hybridized carbons (Fsp3) is 0.192. The molecule has 0 aliphatic rings. The van der Waals surface area contributed by atoms with Gasteiger partial charge in [0.1, 0.15) is 11.6 Å². The van der Waals surface area contributed by atoms with Crippen molar-refractivity contribution >= 4 is 35.0 Å². The third-order valence-electron chi connectivity index (χ3n) is 5.25. The molecule has 2 heterocycles. The molecule has 0 aliphatic heterocycles. The van der Waals surface area contributed by atoms with Crippen LogP contribution < -0.4 is 4.90 Å². The van der Waals surface area contributed by atoms with E-state index in [2.05, 4.69) is 9.97 Å². The van der Waals surface area contributed by atoms with E-state index in [-0.39, 0.29) is 29.0 Å². The molecule has 0 saturated heterocycles. The molecular weight excluding hydrogens is 487 g/mol. The Morgan fingerprint density at radius 2 is 1.74 bits per heavy atom. The van der Waals surface area contributed by atoms with E-state index in [0.29, 0.717) is 23.2 Å². The highest BCUT2D eigenvalue weighted by Gasteiger charge is 2.23. The lowest BCUT2D eigenvalue weighted by Gasteiger charge is -2.22. The topological polar surface area (TPSA) is 62.5 Å². The summed E-state index contributed by atoms with van der Waals surface area (Å²) in [5.41, 5.74) is 3.08. The molecule has 0 unspecified atom stereocenters. The lowest BCUT2D eigenvalue weighted by molar-refractivity contribution is 0.0710. The number of anilines is 1. The summed E-state index contributed by atoms with van der Waals surface area (Å²) in [7, 11) is 3.95. The Morgan fingerprint density at radius 1 is 1.03 bits per heavy atom. The van der Waals surface area contributed by atoms with Gasteiger partial charge in [0, 0.05) is 32.1 Å². The van der Waals surface area contributed by atoms with Gasteiger partial charge in [-0.2, -0.15) is 0 Å². The van der Waals surface area contributed by atoms with E-state index in [1.807, 2.05) is 49.3 Å². The Balaban J connectivity index is 1.55. The number of rotatable bonds is 9. The van der Waals surface area contributed by atoms with Crippen molar-refractivity contribution < 1.29 is 13.6 Å². The molecule has 0 aliphatic carbocycles. The smallest absolute Gasteiger partial charge is 0.274 e. The molecule has 0 atom stereocenters. The maximum atomic E-state index is 13.6. The van der Waals surface area contributed by atoms with E-state index in [1.165, 1.54) is 30.1 Å². The predicted octanol–water partition coefficient (Wildman–Crippen LogP) is 6.06. The first-order valence-corrected chi connectivity index (χ1v) is 12.2. The van der Waals surface area contributed by atoms with Crippen molar-refractivity contribution in [1.82, 2.24) is 14.9 Å². The number of furan rings is 1. The second kappa shape index (κ2) is 11.4. The number of hydrogen-bond acceptors (Lipinski definition) is 6. The van der Waals surface area contributed by atoms with Crippen LogP contribution in [0.4, 0.5) is 10.1 Å². The van der Waals surface area contributed by atoms with Gasteiger partial charge >= 0.3 is 0 Å².